The lowest BCUT2D eigenvalue weighted by Gasteiger charge is -2.29. The molecule has 4 amide bonds. The first-order valence-electron chi connectivity index (χ1n) is 25.1. The fourth-order valence-corrected chi connectivity index (χ4v) is 13.1. The van der Waals surface area contributed by atoms with E-state index in [1.807, 2.05) is 56.4 Å². The van der Waals surface area contributed by atoms with Gasteiger partial charge in [0, 0.05) is 76.0 Å². The summed E-state index contributed by atoms with van der Waals surface area (Å²) in [6, 6.07) is 19.0. The van der Waals surface area contributed by atoms with E-state index in [9.17, 15) is 19.2 Å². The van der Waals surface area contributed by atoms with Crippen LogP contribution < -0.4 is 0 Å². The van der Waals surface area contributed by atoms with Gasteiger partial charge in [0.05, 0.1) is 23.0 Å². The van der Waals surface area contributed by atoms with Crippen molar-refractivity contribution in [1.82, 2.24) is 19.6 Å². The predicted octanol–water partition coefficient (Wildman–Crippen LogP) is 12.3. The molecule has 0 unspecified atom stereocenters. The van der Waals surface area contributed by atoms with E-state index in [2.05, 4.69) is 132 Å². The molecule has 0 aliphatic heterocycles. The van der Waals surface area contributed by atoms with Crippen molar-refractivity contribution in [3.05, 3.63) is 115 Å². The Morgan fingerprint density at radius 2 is 0.458 bits per heavy atom. The van der Waals surface area contributed by atoms with E-state index in [-0.39, 0.29) is 68.3 Å². The second kappa shape index (κ2) is 23.4. The van der Waals surface area contributed by atoms with Crippen LogP contribution >= 0.6 is 47.0 Å². The van der Waals surface area contributed by atoms with Crippen LogP contribution in [0.15, 0.2) is 68.1 Å². The van der Waals surface area contributed by atoms with E-state index < -0.39 is 0 Å². The maximum atomic E-state index is 13.6. The molecule has 0 spiro atoms. The second-order valence-electron chi connectivity index (χ2n) is 24.5. The molecular weight excluding hydrogens is 969 g/mol. The Labute approximate surface area is 451 Å². The molecule has 1 aliphatic carbocycles. The first-order valence-corrected chi connectivity index (χ1v) is 29.1. The third-order valence-electron chi connectivity index (χ3n) is 13.3. The lowest BCUT2D eigenvalue weighted by molar-refractivity contribution is -0.126. The van der Waals surface area contributed by atoms with Gasteiger partial charge >= 0.3 is 0 Å². The van der Waals surface area contributed by atoms with Gasteiger partial charge in [0.1, 0.15) is 0 Å². The summed E-state index contributed by atoms with van der Waals surface area (Å²) < 4.78 is 0. The summed E-state index contributed by atoms with van der Waals surface area (Å²) in [5, 5.41) is 0. The molecule has 392 valence electrons. The summed E-state index contributed by atoms with van der Waals surface area (Å²) in [6.07, 6.45) is 2.35. The van der Waals surface area contributed by atoms with E-state index in [0.29, 0.717) is 25.7 Å². The van der Waals surface area contributed by atoms with Crippen LogP contribution in [-0.4, -0.2) is 123 Å². The van der Waals surface area contributed by atoms with Gasteiger partial charge < -0.3 is 19.6 Å². The highest BCUT2D eigenvalue weighted by molar-refractivity contribution is 8.00. The first-order chi connectivity index (χ1) is 33.1. The standard InChI is InChI=1S/C60H84N4O4S4/c1-57(2,3)45-25-37-21-39-27-46(58(4,5)6)29-41(54(39)70-34-50(66)62(15)16)23-43-31-48(60(10,11)12)32-44(56(43)72-36-52(68)64(19)20)24-42-30-47(59(7,8)9)28-40(55(42)71-35-51(67)63(17)18)22-38(26-45)53(37)69-33-49(65)61(13)14/h25-32H,21-24,33-36H2,1-20H3. The Morgan fingerprint density at radius 3 is 0.569 bits per heavy atom. The number of fused-ring (bicyclic) bond motifs is 8. The summed E-state index contributed by atoms with van der Waals surface area (Å²) in [6.45, 7) is 27.2. The van der Waals surface area contributed by atoms with Gasteiger partial charge in [-0.3, -0.25) is 19.2 Å². The Balaban J connectivity index is 2.07. The number of hydrogen-bond acceptors (Lipinski definition) is 8. The molecule has 8 nitrogen and oxygen atoms in total. The quantitative estimate of drug-likeness (QED) is 0.114. The first kappa shape index (κ1) is 59.0. The van der Waals surface area contributed by atoms with Crippen LogP contribution in [0.2, 0.25) is 0 Å². The summed E-state index contributed by atoms with van der Waals surface area (Å²) in [5.41, 5.74) is 13.2. The van der Waals surface area contributed by atoms with E-state index in [4.69, 9.17) is 0 Å². The van der Waals surface area contributed by atoms with Crippen LogP contribution in [0.3, 0.4) is 0 Å². The van der Waals surface area contributed by atoms with Gasteiger partial charge in [0.2, 0.25) is 23.6 Å². The molecule has 1 aliphatic rings. The summed E-state index contributed by atoms with van der Waals surface area (Å²) >= 11 is 6.48. The highest BCUT2D eigenvalue weighted by atomic mass is 32.2. The minimum absolute atomic E-state index is 0.0431. The zero-order valence-corrected chi connectivity index (χ0v) is 50.6. The topological polar surface area (TPSA) is 81.2 Å². The predicted molar refractivity (Wildman–Crippen MR) is 309 cm³/mol. The van der Waals surface area contributed by atoms with Gasteiger partial charge in [-0.2, -0.15) is 0 Å². The van der Waals surface area contributed by atoms with Crippen molar-refractivity contribution in [2.24, 2.45) is 0 Å². The lowest BCUT2D eigenvalue weighted by atomic mass is 9.80. The van der Waals surface area contributed by atoms with Crippen molar-refractivity contribution in [1.29, 1.82) is 0 Å². The highest BCUT2D eigenvalue weighted by Gasteiger charge is 2.30. The maximum Gasteiger partial charge on any atom is 0.232 e. The van der Waals surface area contributed by atoms with Crippen molar-refractivity contribution in [3.63, 3.8) is 0 Å². The number of hydrogen-bond donors (Lipinski definition) is 0. The van der Waals surface area contributed by atoms with Crippen molar-refractivity contribution < 1.29 is 19.2 Å². The van der Waals surface area contributed by atoms with Crippen LogP contribution in [0, 0.1) is 0 Å². The van der Waals surface area contributed by atoms with Crippen LogP contribution in [-0.2, 0) is 66.5 Å². The van der Waals surface area contributed by atoms with Gasteiger partial charge in [-0.1, -0.05) is 132 Å². The lowest BCUT2D eigenvalue weighted by Crippen LogP contribution is -2.24. The van der Waals surface area contributed by atoms with Crippen molar-refractivity contribution in [2.45, 2.75) is 150 Å². The third-order valence-corrected chi connectivity index (χ3v) is 18.1. The Kier molecular flexibility index (Phi) is 19.2. The molecule has 0 aromatic heterocycles. The van der Waals surface area contributed by atoms with Crippen LogP contribution in [0.4, 0.5) is 0 Å². The van der Waals surface area contributed by atoms with Gasteiger partial charge in [0.25, 0.3) is 0 Å². The third kappa shape index (κ3) is 15.2. The SMILES string of the molecule is CN(C)C(=O)CSc1c2cc(C(C)(C)C)cc1Cc1cc(C(C)(C)C)cc(c1SCC(=O)N(C)C)Cc1cc(C(C)(C)C)cc(c1SCC(=O)N(C)C)Cc1cc(C(C)(C)C)cc(c1SCC(=O)N(C)C)C2. The fraction of sp³-hybridized carbons (Fsp3) is 0.533. The molecule has 4 aromatic rings. The zero-order chi connectivity index (χ0) is 54.0. The van der Waals surface area contributed by atoms with E-state index in [1.54, 1.807) is 66.6 Å². The number of carbonyl (C=O) groups is 4. The number of amides is 4. The summed E-state index contributed by atoms with van der Waals surface area (Å²) in [5.74, 6) is 1.29. The number of rotatable bonds is 12. The largest absolute Gasteiger partial charge is 0.348 e. The van der Waals surface area contributed by atoms with E-state index >= 15 is 0 Å². The van der Waals surface area contributed by atoms with Crippen LogP contribution in [0.1, 0.15) is 150 Å². The molecule has 0 atom stereocenters. The van der Waals surface area contributed by atoms with Gasteiger partial charge in [-0.15, -0.1) is 47.0 Å². The average Bonchev–Trinajstić information content (AvgIpc) is 3.25. The number of benzene rings is 4. The van der Waals surface area contributed by atoms with Crippen LogP contribution in [0.5, 0.6) is 0 Å². The van der Waals surface area contributed by atoms with Crippen LogP contribution in [0.25, 0.3) is 0 Å². The number of thioether (sulfide) groups is 4. The molecular formula is C60H84N4O4S4. The molecule has 0 heterocycles. The molecule has 12 heteroatoms. The van der Waals surface area contributed by atoms with E-state index in [0.717, 1.165) is 64.1 Å². The van der Waals surface area contributed by atoms with Crippen molar-refractivity contribution in [3.8, 4) is 0 Å². The molecule has 5 rings (SSSR count). The number of carbonyl (C=O) groups excluding carboxylic acids is 4. The maximum absolute atomic E-state index is 13.6. The smallest absolute Gasteiger partial charge is 0.232 e. The average molecular weight is 1050 g/mol. The summed E-state index contributed by atoms with van der Waals surface area (Å²) in [4.78, 5) is 65.6. The molecule has 8 bridgehead atoms. The fourth-order valence-electron chi connectivity index (χ4n) is 8.41. The highest BCUT2D eigenvalue weighted by Crippen LogP contribution is 2.45. The number of nitrogens with zero attached hydrogens (tertiary/aromatic N) is 4. The van der Waals surface area contributed by atoms with Gasteiger partial charge in [-0.05, 0) is 114 Å². The monoisotopic (exact) mass is 1050 g/mol. The molecule has 0 N–H and O–H groups in total. The molecule has 72 heavy (non-hydrogen) atoms. The Bertz CT molecular complexity index is 2220. The molecule has 0 radical (unpaired) electrons. The van der Waals surface area contributed by atoms with E-state index in [1.165, 1.54) is 22.3 Å². The minimum Gasteiger partial charge on any atom is -0.348 e. The normalized spacial score (nSPS) is 13.2. The zero-order valence-electron chi connectivity index (χ0n) is 47.3. The second-order valence-corrected chi connectivity index (χ2v) is 28.5. The van der Waals surface area contributed by atoms with Crippen molar-refractivity contribution in [2.75, 3.05) is 79.4 Å². The Hall–Kier alpha value is -3.84. The van der Waals surface area contributed by atoms with Gasteiger partial charge in [0.15, 0.2) is 0 Å². The summed E-state index contributed by atoms with van der Waals surface area (Å²) in [7, 11) is 14.5. The molecule has 0 saturated heterocycles. The molecule has 0 saturated carbocycles. The minimum atomic E-state index is -0.204. The molecule has 0 fully saturated rings. The molecule has 4 aromatic carbocycles. The van der Waals surface area contributed by atoms with Crippen molar-refractivity contribution >= 4 is 70.7 Å². The van der Waals surface area contributed by atoms with Gasteiger partial charge in [-0.25, -0.2) is 0 Å². The Morgan fingerprint density at radius 1 is 0.319 bits per heavy atom.